The van der Waals surface area contributed by atoms with E-state index in [1.807, 2.05) is 30.3 Å². The molecule has 4 rings (SSSR count). The standard InChI is InChI=1S/C21H14Cl2N2O3/c1-28-17-10-9-13(11-15(17)22)24-19-18(23)20(26)25(21(19)27)16-8-4-6-12-5-2-3-7-14(12)16/h2-11,24H,1H3. The largest absolute Gasteiger partial charge is 0.495 e. The fraction of sp³-hybridized carbons (Fsp3) is 0.0476. The monoisotopic (exact) mass is 412 g/mol. The van der Waals surface area contributed by atoms with Crippen LogP contribution in [0.3, 0.4) is 0 Å². The molecule has 140 valence electrons. The Morgan fingerprint density at radius 3 is 2.43 bits per heavy atom. The lowest BCUT2D eigenvalue weighted by atomic mass is 10.1. The van der Waals surface area contributed by atoms with Gasteiger partial charge < -0.3 is 10.1 Å². The highest BCUT2D eigenvalue weighted by molar-refractivity contribution is 6.53. The number of anilines is 2. The average molecular weight is 413 g/mol. The summed E-state index contributed by atoms with van der Waals surface area (Å²) in [7, 11) is 1.51. The van der Waals surface area contributed by atoms with Gasteiger partial charge >= 0.3 is 0 Å². The zero-order chi connectivity index (χ0) is 19.8. The van der Waals surface area contributed by atoms with Crippen LogP contribution in [0.2, 0.25) is 5.02 Å². The average Bonchev–Trinajstić information content (AvgIpc) is 2.91. The zero-order valence-corrected chi connectivity index (χ0v) is 16.2. The Balaban J connectivity index is 1.71. The van der Waals surface area contributed by atoms with Crippen LogP contribution in [-0.4, -0.2) is 18.9 Å². The van der Waals surface area contributed by atoms with Gasteiger partial charge in [-0.3, -0.25) is 9.59 Å². The van der Waals surface area contributed by atoms with E-state index in [9.17, 15) is 9.59 Å². The van der Waals surface area contributed by atoms with Gasteiger partial charge in [0.1, 0.15) is 16.5 Å². The second kappa shape index (κ2) is 7.19. The van der Waals surface area contributed by atoms with Crippen LogP contribution in [0.15, 0.2) is 71.4 Å². The number of nitrogens with one attached hydrogen (secondary N) is 1. The Bertz CT molecular complexity index is 1150. The molecule has 0 aromatic heterocycles. The molecule has 1 aliphatic heterocycles. The Labute approximate surface area is 171 Å². The fourth-order valence-electron chi connectivity index (χ4n) is 3.12. The third-order valence-electron chi connectivity index (χ3n) is 4.46. The first-order chi connectivity index (χ1) is 13.5. The molecule has 7 heteroatoms. The van der Waals surface area contributed by atoms with Crippen molar-refractivity contribution in [2.24, 2.45) is 0 Å². The number of benzene rings is 3. The van der Waals surface area contributed by atoms with Crippen LogP contribution in [0.5, 0.6) is 5.75 Å². The van der Waals surface area contributed by atoms with E-state index in [-0.39, 0.29) is 10.7 Å². The number of rotatable bonds is 4. The SMILES string of the molecule is COc1ccc(NC2=C(Cl)C(=O)N(c3cccc4ccccc34)C2=O)cc1Cl. The zero-order valence-electron chi connectivity index (χ0n) is 14.7. The number of hydrogen-bond acceptors (Lipinski definition) is 4. The number of halogens is 2. The Kier molecular flexibility index (Phi) is 4.71. The topological polar surface area (TPSA) is 58.6 Å². The minimum Gasteiger partial charge on any atom is -0.495 e. The summed E-state index contributed by atoms with van der Waals surface area (Å²) >= 11 is 12.3. The number of hydrogen-bond donors (Lipinski definition) is 1. The number of carbonyl (C=O) groups excluding carboxylic acids is 2. The van der Waals surface area contributed by atoms with Gasteiger partial charge in [-0.1, -0.05) is 59.6 Å². The van der Waals surface area contributed by atoms with Crippen LogP contribution in [0.4, 0.5) is 11.4 Å². The number of methoxy groups -OCH3 is 1. The summed E-state index contributed by atoms with van der Waals surface area (Å²) in [6, 6.07) is 17.9. The number of nitrogens with zero attached hydrogens (tertiary/aromatic N) is 1. The number of ether oxygens (including phenoxy) is 1. The molecule has 0 saturated carbocycles. The van der Waals surface area contributed by atoms with E-state index in [1.165, 1.54) is 7.11 Å². The fourth-order valence-corrected chi connectivity index (χ4v) is 3.59. The maximum absolute atomic E-state index is 13.0. The van der Waals surface area contributed by atoms with E-state index in [2.05, 4.69) is 5.32 Å². The highest BCUT2D eigenvalue weighted by Crippen LogP contribution is 2.35. The van der Waals surface area contributed by atoms with Crippen LogP contribution in [-0.2, 0) is 9.59 Å². The molecule has 2 amide bonds. The van der Waals surface area contributed by atoms with Gasteiger partial charge in [0, 0.05) is 11.1 Å². The summed E-state index contributed by atoms with van der Waals surface area (Å²) in [6.07, 6.45) is 0. The van der Waals surface area contributed by atoms with Gasteiger partial charge in [0.05, 0.1) is 17.8 Å². The minimum absolute atomic E-state index is 0.000773. The molecule has 1 heterocycles. The maximum Gasteiger partial charge on any atom is 0.283 e. The highest BCUT2D eigenvalue weighted by atomic mass is 35.5. The highest BCUT2D eigenvalue weighted by Gasteiger charge is 2.39. The first-order valence-electron chi connectivity index (χ1n) is 8.38. The molecular formula is C21H14Cl2N2O3. The lowest BCUT2D eigenvalue weighted by Crippen LogP contribution is -2.32. The third kappa shape index (κ3) is 2.99. The van der Waals surface area contributed by atoms with Crippen molar-refractivity contribution in [3.63, 3.8) is 0 Å². The number of amides is 2. The Morgan fingerprint density at radius 1 is 0.929 bits per heavy atom. The number of carbonyl (C=O) groups is 2. The molecule has 1 aliphatic rings. The predicted octanol–water partition coefficient (Wildman–Crippen LogP) is 4.94. The summed E-state index contributed by atoms with van der Waals surface area (Å²) < 4.78 is 5.12. The first-order valence-corrected chi connectivity index (χ1v) is 9.13. The van der Waals surface area contributed by atoms with Crippen LogP contribution < -0.4 is 15.0 Å². The molecule has 1 N–H and O–H groups in total. The van der Waals surface area contributed by atoms with Crippen molar-refractivity contribution < 1.29 is 14.3 Å². The number of fused-ring (bicyclic) bond motifs is 1. The van der Waals surface area contributed by atoms with E-state index in [1.54, 1.807) is 30.3 Å². The number of imide groups is 1. The van der Waals surface area contributed by atoms with Gasteiger partial charge in [-0.05, 0) is 29.7 Å². The maximum atomic E-state index is 13.0. The van der Waals surface area contributed by atoms with Crippen LogP contribution in [0, 0.1) is 0 Å². The van der Waals surface area contributed by atoms with Crippen LogP contribution >= 0.6 is 23.2 Å². The van der Waals surface area contributed by atoms with Crippen molar-refractivity contribution >= 4 is 57.2 Å². The van der Waals surface area contributed by atoms with Gasteiger partial charge in [0.2, 0.25) is 0 Å². The second-order valence-corrected chi connectivity index (χ2v) is 6.89. The Hall–Kier alpha value is -3.02. The second-order valence-electron chi connectivity index (χ2n) is 6.11. The van der Waals surface area contributed by atoms with E-state index in [0.717, 1.165) is 15.7 Å². The molecule has 0 atom stereocenters. The van der Waals surface area contributed by atoms with E-state index in [4.69, 9.17) is 27.9 Å². The van der Waals surface area contributed by atoms with Crippen molar-refractivity contribution in [1.29, 1.82) is 0 Å². The van der Waals surface area contributed by atoms with Gasteiger partial charge in [0.25, 0.3) is 11.8 Å². The summed E-state index contributed by atoms with van der Waals surface area (Å²) in [5.74, 6) is -0.609. The molecular weight excluding hydrogens is 399 g/mol. The van der Waals surface area contributed by atoms with Crippen molar-refractivity contribution in [3.05, 3.63) is 76.4 Å². The molecule has 5 nitrogen and oxygen atoms in total. The predicted molar refractivity (Wildman–Crippen MR) is 111 cm³/mol. The summed E-state index contributed by atoms with van der Waals surface area (Å²) in [4.78, 5) is 26.9. The molecule has 0 spiro atoms. The normalized spacial score (nSPS) is 14.2. The molecule has 0 saturated heterocycles. The summed E-state index contributed by atoms with van der Waals surface area (Å²) in [6.45, 7) is 0. The molecule has 3 aromatic carbocycles. The molecule has 0 bridgehead atoms. The lowest BCUT2D eigenvalue weighted by molar-refractivity contribution is -0.120. The van der Waals surface area contributed by atoms with Crippen molar-refractivity contribution in [1.82, 2.24) is 0 Å². The van der Waals surface area contributed by atoms with Crippen molar-refractivity contribution in [2.45, 2.75) is 0 Å². The van der Waals surface area contributed by atoms with Gasteiger partial charge in [0.15, 0.2) is 0 Å². The van der Waals surface area contributed by atoms with E-state index < -0.39 is 11.8 Å². The molecule has 0 unspecified atom stereocenters. The summed E-state index contributed by atoms with van der Waals surface area (Å²) in [5, 5.41) is 4.80. The summed E-state index contributed by atoms with van der Waals surface area (Å²) in [5.41, 5.74) is 0.997. The smallest absolute Gasteiger partial charge is 0.283 e. The molecule has 0 fully saturated rings. The van der Waals surface area contributed by atoms with Crippen LogP contribution in [0.25, 0.3) is 10.8 Å². The minimum atomic E-state index is -0.579. The molecule has 0 radical (unpaired) electrons. The third-order valence-corrected chi connectivity index (χ3v) is 5.10. The molecule has 28 heavy (non-hydrogen) atoms. The van der Waals surface area contributed by atoms with E-state index in [0.29, 0.717) is 22.1 Å². The van der Waals surface area contributed by atoms with Gasteiger partial charge in [-0.2, -0.15) is 0 Å². The quantitative estimate of drug-likeness (QED) is 0.616. The van der Waals surface area contributed by atoms with Crippen molar-refractivity contribution in [2.75, 3.05) is 17.3 Å². The first kappa shape index (κ1) is 18.3. The van der Waals surface area contributed by atoms with Gasteiger partial charge in [-0.25, -0.2) is 4.90 Å². The van der Waals surface area contributed by atoms with E-state index >= 15 is 0 Å². The van der Waals surface area contributed by atoms with Crippen LogP contribution in [0.1, 0.15) is 0 Å². The molecule has 0 aliphatic carbocycles. The lowest BCUT2D eigenvalue weighted by Gasteiger charge is -2.17. The Morgan fingerprint density at radius 2 is 1.68 bits per heavy atom. The van der Waals surface area contributed by atoms with Gasteiger partial charge in [-0.15, -0.1) is 0 Å². The van der Waals surface area contributed by atoms with Crippen molar-refractivity contribution in [3.8, 4) is 5.75 Å². The molecule has 3 aromatic rings.